The summed E-state index contributed by atoms with van der Waals surface area (Å²) in [5.41, 5.74) is 0.659. The van der Waals surface area contributed by atoms with Crippen molar-refractivity contribution in [2.24, 2.45) is 11.8 Å². The molecule has 5 heteroatoms. The first kappa shape index (κ1) is 15.4. The number of benzene rings is 1. The van der Waals surface area contributed by atoms with Crippen molar-refractivity contribution in [3.63, 3.8) is 0 Å². The lowest BCUT2D eigenvalue weighted by Gasteiger charge is -2.11. The number of nitrogens with one attached hydrogen (secondary N) is 2. The van der Waals surface area contributed by atoms with Crippen LogP contribution in [0.2, 0.25) is 0 Å². The fourth-order valence-electron chi connectivity index (χ4n) is 2.18. The van der Waals surface area contributed by atoms with Crippen LogP contribution in [0.1, 0.15) is 26.7 Å². The number of anilines is 1. The van der Waals surface area contributed by atoms with Gasteiger partial charge >= 0.3 is 0 Å². The molecule has 0 bridgehead atoms. The van der Waals surface area contributed by atoms with E-state index in [4.69, 9.17) is 4.74 Å². The minimum atomic E-state index is -0.133. The number of amides is 2. The maximum Gasteiger partial charge on any atom is 0.226 e. The van der Waals surface area contributed by atoms with Crippen molar-refractivity contribution in [3.8, 4) is 5.75 Å². The second-order valence-corrected chi connectivity index (χ2v) is 5.34. The molecule has 2 rings (SSSR count). The molecule has 114 valence electrons. The highest BCUT2D eigenvalue weighted by atomic mass is 16.5. The van der Waals surface area contributed by atoms with Gasteiger partial charge in [-0.25, -0.2) is 0 Å². The van der Waals surface area contributed by atoms with Crippen molar-refractivity contribution in [2.45, 2.75) is 26.7 Å². The molecule has 5 nitrogen and oxygen atoms in total. The molecule has 0 aliphatic heterocycles. The summed E-state index contributed by atoms with van der Waals surface area (Å²) in [4.78, 5) is 23.5. The van der Waals surface area contributed by atoms with Crippen molar-refractivity contribution >= 4 is 17.5 Å². The Labute approximate surface area is 125 Å². The summed E-state index contributed by atoms with van der Waals surface area (Å²) in [7, 11) is 0. The van der Waals surface area contributed by atoms with E-state index in [-0.39, 0.29) is 24.2 Å². The molecule has 2 amide bonds. The van der Waals surface area contributed by atoms with Gasteiger partial charge in [0, 0.05) is 18.9 Å². The van der Waals surface area contributed by atoms with Crippen LogP contribution in [-0.4, -0.2) is 25.0 Å². The molecule has 2 N–H and O–H groups in total. The van der Waals surface area contributed by atoms with E-state index < -0.39 is 0 Å². The maximum absolute atomic E-state index is 11.9. The zero-order valence-electron chi connectivity index (χ0n) is 12.5. The van der Waals surface area contributed by atoms with Crippen LogP contribution >= 0.6 is 0 Å². The van der Waals surface area contributed by atoms with E-state index in [0.29, 0.717) is 30.5 Å². The van der Waals surface area contributed by atoms with Crippen LogP contribution in [0.25, 0.3) is 0 Å². The molecule has 0 radical (unpaired) electrons. The third kappa shape index (κ3) is 4.48. The van der Waals surface area contributed by atoms with Gasteiger partial charge < -0.3 is 15.4 Å². The van der Waals surface area contributed by atoms with Gasteiger partial charge in [-0.3, -0.25) is 9.59 Å². The van der Waals surface area contributed by atoms with Crippen molar-refractivity contribution < 1.29 is 14.3 Å². The van der Waals surface area contributed by atoms with E-state index in [1.54, 1.807) is 6.07 Å². The van der Waals surface area contributed by atoms with Crippen LogP contribution in [0.5, 0.6) is 5.75 Å². The van der Waals surface area contributed by atoms with Crippen LogP contribution < -0.4 is 15.4 Å². The number of rotatable bonds is 7. The summed E-state index contributed by atoms with van der Waals surface area (Å²) in [5.74, 6) is 1.21. The zero-order valence-corrected chi connectivity index (χ0v) is 12.5. The molecule has 0 saturated heterocycles. The van der Waals surface area contributed by atoms with Crippen LogP contribution in [0.15, 0.2) is 24.3 Å². The van der Waals surface area contributed by atoms with Crippen molar-refractivity contribution in [3.05, 3.63) is 24.3 Å². The number of carbonyl (C=O) groups is 2. The Kier molecular flexibility index (Phi) is 5.20. The molecule has 1 aromatic carbocycles. The molecule has 0 heterocycles. The van der Waals surface area contributed by atoms with Gasteiger partial charge in [0.15, 0.2) is 0 Å². The molecule has 1 saturated carbocycles. The Morgan fingerprint density at radius 2 is 2.05 bits per heavy atom. The van der Waals surface area contributed by atoms with Gasteiger partial charge in [0.25, 0.3) is 0 Å². The maximum atomic E-state index is 11.9. The fourth-order valence-corrected chi connectivity index (χ4v) is 2.18. The zero-order chi connectivity index (χ0) is 15.2. The normalized spacial score (nSPS) is 19.7. The SMILES string of the molecule is CCOc1ccccc1NC(=O)CCNC(=O)[C@H]1C[C@@H]1C. The van der Waals surface area contributed by atoms with E-state index in [1.165, 1.54) is 0 Å². The Hall–Kier alpha value is -2.04. The van der Waals surface area contributed by atoms with Gasteiger partial charge in [0.05, 0.1) is 12.3 Å². The van der Waals surface area contributed by atoms with E-state index in [9.17, 15) is 9.59 Å². The van der Waals surface area contributed by atoms with Crippen LogP contribution in [-0.2, 0) is 9.59 Å². The van der Waals surface area contributed by atoms with Crippen molar-refractivity contribution in [2.75, 3.05) is 18.5 Å². The summed E-state index contributed by atoms with van der Waals surface area (Å²) in [6.07, 6.45) is 1.22. The van der Waals surface area contributed by atoms with Gasteiger partial charge in [0.2, 0.25) is 11.8 Å². The van der Waals surface area contributed by atoms with Crippen molar-refractivity contribution in [1.82, 2.24) is 5.32 Å². The van der Waals surface area contributed by atoms with Gasteiger partial charge in [0.1, 0.15) is 5.75 Å². The summed E-state index contributed by atoms with van der Waals surface area (Å²) >= 11 is 0. The predicted molar refractivity (Wildman–Crippen MR) is 81.1 cm³/mol. The largest absolute Gasteiger partial charge is 0.492 e. The number of hydrogen-bond donors (Lipinski definition) is 2. The quantitative estimate of drug-likeness (QED) is 0.809. The first-order chi connectivity index (χ1) is 10.1. The standard InChI is InChI=1S/C16H22N2O3/c1-3-21-14-7-5-4-6-13(14)18-15(19)8-9-17-16(20)12-10-11(12)2/h4-7,11-12H,3,8-10H2,1-2H3,(H,17,20)(H,18,19)/t11-,12-/m0/s1. The Balaban J connectivity index is 1.75. The van der Waals surface area contributed by atoms with Gasteiger partial charge in [-0.05, 0) is 31.4 Å². The van der Waals surface area contributed by atoms with E-state index in [1.807, 2.05) is 25.1 Å². The number of hydrogen-bond acceptors (Lipinski definition) is 3. The second-order valence-electron chi connectivity index (χ2n) is 5.34. The molecule has 1 aromatic rings. The number of para-hydroxylation sites is 2. The molecule has 2 atom stereocenters. The summed E-state index contributed by atoms with van der Waals surface area (Å²) in [6, 6.07) is 7.31. The summed E-state index contributed by atoms with van der Waals surface area (Å²) in [6.45, 7) is 4.86. The topological polar surface area (TPSA) is 67.4 Å². The smallest absolute Gasteiger partial charge is 0.226 e. The third-order valence-corrected chi connectivity index (χ3v) is 3.56. The molecule has 21 heavy (non-hydrogen) atoms. The van der Waals surface area contributed by atoms with E-state index in [2.05, 4.69) is 17.6 Å². The lowest BCUT2D eigenvalue weighted by molar-refractivity contribution is -0.122. The molecular weight excluding hydrogens is 268 g/mol. The molecule has 1 aliphatic carbocycles. The Morgan fingerprint density at radius 1 is 1.33 bits per heavy atom. The second kappa shape index (κ2) is 7.11. The molecule has 0 aromatic heterocycles. The lowest BCUT2D eigenvalue weighted by atomic mass is 10.2. The van der Waals surface area contributed by atoms with E-state index in [0.717, 1.165) is 6.42 Å². The fraction of sp³-hybridized carbons (Fsp3) is 0.500. The first-order valence-electron chi connectivity index (χ1n) is 7.41. The molecule has 1 fully saturated rings. The third-order valence-electron chi connectivity index (χ3n) is 3.56. The van der Waals surface area contributed by atoms with Crippen LogP contribution in [0, 0.1) is 11.8 Å². The van der Waals surface area contributed by atoms with Gasteiger partial charge in [-0.15, -0.1) is 0 Å². The van der Waals surface area contributed by atoms with Gasteiger partial charge in [-0.2, -0.15) is 0 Å². The predicted octanol–water partition coefficient (Wildman–Crippen LogP) is 2.19. The summed E-state index contributed by atoms with van der Waals surface area (Å²) < 4.78 is 5.45. The highest BCUT2D eigenvalue weighted by Gasteiger charge is 2.38. The first-order valence-corrected chi connectivity index (χ1v) is 7.41. The van der Waals surface area contributed by atoms with Gasteiger partial charge in [-0.1, -0.05) is 19.1 Å². The molecule has 0 spiro atoms. The number of carbonyl (C=O) groups excluding carboxylic acids is 2. The summed E-state index contributed by atoms with van der Waals surface area (Å²) in [5, 5.41) is 5.61. The number of ether oxygens (including phenoxy) is 1. The van der Waals surface area contributed by atoms with E-state index >= 15 is 0 Å². The molecule has 1 aliphatic rings. The highest BCUT2D eigenvalue weighted by molar-refractivity contribution is 5.92. The molecular formula is C16H22N2O3. The average Bonchev–Trinajstić information content (AvgIpc) is 3.18. The van der Waals surface area contributed by atoms with Crippen LogP contribution in [0.3, 0.4) is 0 Å². The average molecular weight is 290 g/mol. The minimum absolute atomic E-state index is 0.0602. The Morgan fingerprint density at radius 3 is 2.71 bits per heavy atom. The van der Waals surface area contributed by atoms with Crippen molar-refractivity contribution in [1.29, 1.82) is 0 Å². The Bertz CT molecular complexity index is 516. The molecule has 0 unspecified atom stereocenters. The monoisotopic (exact) mass is 290 g/mol. The minimum Gasteiger partial charge on any atom is -0.492 e. The van der Waals surface area contributed by atoms with Crippen LogP contribution in [0.4, 0.5) is 5.69 Å². The lowest BCUT2D eigenvalue weighted by Crippen LogP contribution is -2.29. The highest BCUT2D eigenvalue weighted by Crippen LogP contribution is 2.37.